The molecule has 1 heterocycles. The number of benzene rings is 2. The Kier molecular flexibility index (Phi) is 4.31. The number of rotatable bonds is 6. The van der Waals surface area contributed by atoms with Crippen LogP contribution in [0, 0.1) is 10.1 Å². The van der Waals surface area contributed by atoms with Crippen molar-refractivity contribution in [3.05, 3.63) is 70.0 Å². The summed E-state index contributed by atoms with van der Waals surface area (Å²) in [6, 6.07) is 13.8. The highest BCUT2D eigenvalue weighted by atomic mass is 16.6. The SMILES string of the molecule is N[C@H](COCc1ccccc1)c1nc2ccc([N+](=O)[O-])cc2[nH]1. The molecule has 7 heteroatoms. The van der Waals surface area contributed by atoms with Gasteiger partial charge in [0.2, 0.25) is 0 Å². The Hall–Kier alpha value is -2.77. The Morgan fingerprint density at radius 1 is 1.26 bits per heavy atom. The third-order valence-electron chi connectivity index (χ3n) is 3.45. The van der Waals surface area contributed by atoms with Gasteiger partial charge in [-0.2, -0.15) is 0 Å². The van der Waals surface area contributed by atoms with Crippen LogP contribution in [0.2, 0.25) is 0 Å². The second-order valence-electron chi connectivity index (χ2n) is 5.19. The lowest BCUT2D eigenvalue weighted by Crippen LogP contribution is -2.18. The summed E-state index contributed by atoms with van der Waals surface area (Å²) in [7, 11) is 0. The van der Waals surface area contributed by atoms with Crippen molar-refractivity contribution >= 4 is 16.7 Å². The van der Waals surface area contributed by atoms with Crippen LogP contribution in [0.15, 0.2) is 48.5 Å². The van der Waals surface area contributed by atoms with Crippen molar-refractivity contribution in [2.24, 2.45) is 5.73 Å². The number of imidazole rings is 1. The minimum absolute atomic E-state index is 0.0154. The molecule has 1 aromatic heterocycles. The summed E-state index contributed by atoms with van der Waals surface area (Å²) in [4.78, 5) is 17.7. The van der Waals surface area contributed by atoms with Crippen LogP contribution in [-0.2, 0) is 11.3 Å². The van der Waals surface area contributed by atoms with E-state index in [4.69, 9.17) is 10.5 Å². The van der Waals surface area contributed by atoms with Gasteiger partial charge in [0.1, 0.15) is 5.82 Å². The number of nitrogens with two attached hydrogens (primary N) is 1. The van der Waals surface area contributed by atoms with Crippen LogP contribution in [0.1, 0.15) is 17.4 Å². The number of ether oxygens (including phenoxy) is 1. The summed E-state index contributed by atoms with van der Waals surface area (Å²) < 4.78 is 5.60. The van der Waals surface area contributed by atoms with Gasteiger partial charge in [0, 0.05) is 12.1 Å². The summed E-state index contributed by atoms with van der Waals surface area (Å²) in [5, 5.41) is 10.8. The first-order chi connectivity index (χ1) is 11.1. The predicted octanol–water partition coefficient (Wildman–Crippen LogP) is 2.69. The molecule has 3 aromatic rings. The number of aromatic nitrogens is 2. The van der Waals surface area contributed by atoms with Gasteiger partial charge >= 0.3 is 0 Å². The van der Waals surface area contributed by atoms with Crippen molar-refractivity contribution in [1.82, 2.24) is 9.97 Å². The minimum atomic E-state index is -0.442. The second-order valence-corrected chi connectivity index (χ2v) is 5.19. The summed E-state index contributed by atoms with van der Waals surface area (Å²) in [5.74, 6) is 0.550. The molecular formula is C16H16N4O3. The van der Waals surface area contributed by atoms with Gasteiger partial charge < -0.3 is 15.5 Å². The number of nitrogens with one attached hydrogen (secondary N) is 1. The molecular weight excluding hydrogens is 296 g/mol. The lowest BCUT2D eigenvalue weighted by atomic mass is 10.2. The van der Waals surface area contributed by atoms with E-state index in [0.29, 0.717) is 30.1 Å². The van der Waals surface area contributed by atoms with E-state index in [0.717, 1.165) is 5.56 Å². The molecule has 3 rings (SSSR count). The number of hydrogen-bond donors (Lipinski definition) is 2. The predicted molar refractivity (Wildman–Crippen MR) is 85.8 cm³/mol. The number of nitrogens with zero attached hydrogens (tertiary/aromatic N) is 2. The van der Waals surface area contributed by atoms with E-state index in [1.165, 1.54) is 12.1 Å². The molecule has 0 radical (unpaired) electrons. The van der Waals surface area contributed by atoms with Gasteiger partial charge in [-0.25, -0.2) is 4.98 Å². The zero-order valence-corrected chi connectivity index (χ0v) is 12.3. The van der Waals surface area contributed by atoms with E-state index in [9.17, 15) is 10.1 Å². The van der Waals surface area contributed by atoms with E-state index in [1.54, 1.807) is 6.07 Å². The average molecular weight is 312 g/mol. The lowest BCUT2D eigenvalue weighted by molar-refractivity contribution is -0.384. The van der Waals surface area contributed by atoms with Crippen molar-refractivity contribution in [2.45, 2.75) is 12.6 Å². The number of fused-ring (bicyclic) bond motifs is 1. The molecule has 0 aliphatic carbocycles. The zero-order valence-electron chi connectivity index (χ0n) is 12.3. The van der Waals surface area contributed by atoms with Gasteiger partial charge in [-0.1, -0.05) is 30.3 Å². The van der Waals surface area contributed by atoms with Crippen LogP contribution in [0.4, 0.5) is 5.69 Å². The molecule has 0 aliphatic heterocycles. The van der Waals surface area contributed by atoms with Gasteiger partial charge in [-0.05, 0) is 11.6 Å². The molecule has 2 aromatic carbocycles. The molecule has 0 fully saturated rings. The molecule has 0 aliphatic rings. The normalized spacial score (nSPS) is 12.4. The first-order valence-corrected chi connectivity index (χ1v) is 7.15. The Morgan fingerprint density at radius 3 is 2.78 bits per heavy atom. The van der Waals surface area contributed by atoms with Gasteiger partial charge in [-0.3, -0.25) is 10.1 Å². The number of aromatic amines is 1. The molecule has 0 saturated carbocycles. The third kappa shape index (κ3) is 3.53. The van der Waals surface area contributed by atoms with Crippen molar-refractivity contribution in [3.63, 3.8) is 0 Å². The van der Waals surface area contributed by atoms with Crippen LogP contribution in [0.5, 0.6) is 0 Å². The molecule has 0 amide bonds. The van der Waals surface area contributed by atoms with Gasteiger partial charge in [0.25, 0.3) is 5.69 Å². The third-order valence-corrected chi connectivity index (χ3v) is 3.45. The molecule has 1 atom stereocenters. The summed E-state index contributed by atoms with van der Waals surface area (Å²) in [6.45, 7) is 0.775. The molecule has 3 N–H and O–H groups in total. The fourth-order valence-corrected chi connectivity index (χ4v) is 2.26. The maximum atomic E-state index is 10.8. The maximum absolute atomic E-state index is 10.8. The molecule has 0 spiro atoms. The topological polar surface area (TPSA) is 107 Å². The largest absolute Gasteiger partial charge is 0.375 e. The van der Waals surface area contributed by atoms with E-state index >= 15 is 0 Å². The highest BCUT2D eigenvalue weighted by Gasteiger charge is 2.14. The number of non-ortho nitro benzene ring substituents is 1. The molecule has 0 saturated heterocycles. The fraction of sp³-hybridized carbons (Fsp3) is 0.188. The summed E-state index contributed by atoms with van der Waals surface area (Å²) in [5.41, 5.74) is 8.39. The number of nitro groups is 1. The van der Waals surface area contributed by atoms with Crippen molar-refractivity contribution in [2.75, 3.05) is 6.61 Å². The quantitative estimate of drug-likeness (QED) is 0.537. The molecule has 0 unspecified atom stereocenters. The van der Waals surface area contributed by atoms with Crippen LogP contribution < -0.4 is 5.73 Å². The monoisotopic (exact) mass is 312 g/mol. The van der Waals surface area contributed by atoms with E-state index in [-0.39, 0.29) is 5.69 Å². The van der Waals surface area contributed by atoms with Crippen LogP contribution in [0.25, 0.3) is 11.0 Å². The zero-order chi connectivity index (χ0) is 16.2. The molecule has 23 heavy (non-hydrogen) atoms. The average Bonchev–Trinajstić information content (AvgIpc) is 2.99. The molecule has 0 bridgehead atoms. The lowest BCUT2D eigenvalue weighted by Gasteiger charge is -2.09. The minimum Gasteiger partial charge on any atom is -0.375 e. The maximum Gasteiger partial charge on any atom is 0.271 e. The Morgan fingerprint density at radius 2 is 2.04 bits per heavy atom. The number of nitro benzene ring substituents is 1. The van der Waals surface area contributed by atoms with Crippen molar-refractivity contribution < 1.29 is 9.66 Å². The van der Waals surface area contributed by atoms with Gasteiger partial charge in [-0.15, -0.1) is 0 Å². The standard InChI is InChI=1S/C16H16N4O3/c17-13(10-23-9-11-4-2-1-3-5-11)16-18-14-7-6-12(20(21)22)8-15(14)19-16/h1-8,13H,9-10,17H2,(H,18,19)/t13-/m1/s1. The van der Waals surface area contributed by atoms with Gasteiger partial charge in [0.05, 0.1) is 35.2 Å². The highest BCUT2D eigenvalue weighted by molar-refractivity contribution is 5.77. The smallest absolute Gasteiger partial charge is 0.271 e. The van der Waals surface area contributed by atoms with Crippen LogP contribution >= 0.6 is 0 Å². The van der Waals surface area contributed by atoms with Crippen LogP contribution in [-0.4, -0.2) is 21.5 Å². The second kappa shape index (κ2) is 6.55. The van der Waals surface area contributed by atoms with Crippen LogP contribution in [0.3, 0.4) is 0 Å². The number of H-pyrrole nitrogens is 1. The Balaban J connectivity index is 1.66. The highest BCUT2D eigenvalue weighted by Crippen LogP contribution is 2.20. The van der Waals surface area contributed by atoms with Crippen molar-refractivity contribution in [3.8, 4) is 0 Å². The Bertz CT molecular complexity index is 817. The fourth-order valence-electron chi connectivity index (χ4n) is 2.26. The van der Waals surface area contributed by atoms with E-state index in [2.05, 4.69) is 9.97 Å². The summed E-state index contributed by atoms with van der Waals surface area (Å²) >= 11 is 0. The first-order valence-electron chi connectivity index (χ1n) is 7.15. The molecule has 7 nitrogen and oxygen atoms in total. The number of hydrogen-bond acceptors (Lipinski definition) is 5. The van der Waals surface area contributed by atoms with E-state index in [1.807, 2.05) is 30.3 Å². The Labute approximate surface area is 132 Å². The van der Waals surface area contributed by atoms with Crippen molar-refractivity contribution in [1.29, 1.82) is 0 Å². The molecule has 118 valence electrons. The first kappa shape index (κ1) is 15.1. The van der Waals surface area contributed by atoms with E-state index < -0.39 is 11.0 Å². The van der Waals surface area contributed by atoms with Gasteiger partial charge in [0.15, 0.2) is 0 Å². The summed E-state index contributed by atoms with van der Waals surface area (Å²) in [6.07, 6.45) is 0.